The lowest BCUT2D eigenvalue weighted by molar-refractivity contribution is -0.118. The van der Waals surface area contributed by atoms with Crippen LogP contribution in [0.25, 0.3) is 0 Å². The normalized spacial score (nSPS) is 14.0. The first-order chi connectivity index (χ1) is 21.9. The van der Waals surface area contributed by atoms with E-state index in [4.69, 9.17) is 9.47 Å². The fourth-order valence-electron chi connectivity index (χ4n) is 5.15. The van der Waals surface area contributed by atoms with E-state index in [9.17, 15) is 19.2 Å². The lowest BCUT2D eigenvalue weighted by Crippen LogP contribution is -2.50. The second kappa shape index (κ2) is 15.4. The monoisotopic (exact) mass is 628 g/mol. The Kier molecular flexibility index (Phi) is 11.4. The van der Waals surface area contributed by atoms with Crippen molar-refractivity contribution in [2.24, 2.45) is 5.92 Å². The Morgan fingerprint density at radius 1 is 0.826 bits per heavy atom. The molecular weight excluding hydrogens is 584 g/mol. The third-order valence-electron chi connectivity index (χ3n) is 7.37. The van der Waals surface area contributed by atoms with Gasteiger partial charge in [0.05, 0.1) is 11.4 Å². The van der Waals surface area contributed by atoms with Crippen LogP contribution in [0, 0.1) is 5.92 Å². The van der Waals surface area contributed by atoms with E-state index >= 15 is 0 Å². The number of anilines is 2. The van der Waals surface area contributed by atoms with E-state index < -0.39 is 23.6 Å². The maximum atomic E-state index is 13.9. The van der Waals surface area contributed by atoms with Gasteiger partial charge in [-0.25, -0.2) is 9.59 Å². The summed E-state index contributed by atoms with van der Waals surface area (Å²) >= 11 is 0. The quantitative estimate of drug-likeness (QED) is 0.255. The van der Waals surface area contributed by atoms with Crippen molar-refractivity contribution in [1.29, 1.82) is 0 Å². The van der Waals surface area contributed by atoms with Gasteiger partial charge in [0, 0.05) is 37.3 Å². The average molecular weight is 629 g/mol. The molecule has 244 valence electrons. The van der Waals surface area contributed by atoms with Crippen molar-refractivity contribution in [2.45, 2.75) is 59.3 Å². The molecule has 0 aliphatic carbocycles. The zero-order valence-corrected chi connectivity index (χ0v) is 27.2. The number of ether oxygens (including phenoxy) is 2. The number of nitrogens with zero attached hydrogens (tertiary/aromatic N) is 2. The van der Waals surface area contributed by atoms with Crippen LogP contribution in [0.5, 0.6) is 0 Å². The second-order valence-corrected chi connectivity index (χ2v) is 12.7. The molecule has 1 heterocycles. The van der Waals surface area contributed by atoms with E-state index in [1.807, 2.05) is 82.0 Å². The van der Waals surface area contributed by atoms with E-state index in [1.165, 1.54) is 0 Å². The number of amides is 3. The van der Waals surface area contributed by atoms with Crippen LogP contribution in [0.1, 0.15) is 62.5 Å². The zero-order chi connectivity index (χ0) is 33.3. The van der Waals surface area contributed by atoms with Gasteiger partial charge in [-0.1, -0.05) is 80.6 Å². The van der Waals surface area contributed by atoms with Crippen LogP contribution in [0.4, 0.5) is 21.0 Å². The Hall–Kier alpha value is -4.86. The van der Waals surface area contributed by atoms with Crippen LogP contribution < -0.4 is 15.5 Å². The molecule has 1 aliphatic heterocycles. The first kappa shape index (κ1) is 34.0. The van der Waals surface area contributed by atoms with Gasteiger partial charge in [0.25, 0.3) is 0 Å². The van der Waals surface area contributed by atoms with Gasteiger partial charge in [-0.2, -0.15) is 0 Å². The Bertz CT molecular complexity index is 1500. The number of piperazine rings is 1. The number of carbonyl (C=O) groups excluding carboxylic acids is 4. The van der Waals surface area contributed by atoms with Crippen LogP contribution in [0.2, 0.25) is 0 Å². The van der Waals surface area contributed by atoms with E-state index in [1.54, 1.807) is 41.3 Å². The van der Waals surface area contributed by atoms with Crippen molar-refractivity contribution in [2.75, 3.05) is 36.4 Å². The summed E-state index contributed by atoms with van der Waals surface area (Å²) in [7, 11) is 0. The summed E-state index contributed by atoms with van der Waals surface area (Å²) in [6.45, 7) is 11.2. The fourth-order valence-corrected chi connectivity index (χ4v) is 5.15. The summed E-state index contributed by atoms with van der Waals surface area (Å²) in [4.78, 5) is 56.8. The van der Waals surface area contributed by atoms with E-state index in [2.05, 4.69) is 10.6 Å². The highest BCUT2D eigenvalue weighted by Gasteiger charge is 2.30. The number of para-hydroxylation sites is 1. The highest BCUT2D eigenvalue weighted by atomic mass is 16.6. The average Bonchev–Trinajstić information content (AvgIpc) is 3.03. The van der Waals surface area contributed by atoms with Crippen molar-refractivity contribution in [3.8, 4) is 0 Å². The van der Waals surface area contributed by atoms with E-state index in [0.717, 1.165) is 5.56 Å². The molecular formula is C36H44N4O6. The van der Waals surface area contributed by atoms with Gasteiger partial charge in [0.1, 0.15) is 18.2 Å². The van der Waals surface area contributed by atoms with Crippen LogP contribution in [0.3, 0.4) is 0 Å². The Balaban J connectivity index is 1.58. The predicted molar refractivity (Wildman–Crippen MR) is 178 cm³/mol. The maximum absolute atomic E-state index is 13.9. The summed E-state index contributed by atoms with van der Waals surface area (Å²) in [5.74, 6) is -0.639. The molecule has 1 fully saturated rings. The molecule has 4 rings (SSSR count). The molecule has 3 amide bonds. The summed E-state index contributed by atoms with van der Waals surface area (Å²) < 4.78 is 11.0. The molecule has 10 nitrogen and oxygen atoms in total. The topological polar surface area (TPSA) is 117 Å². The highest BCUT2D eigenvalue weighted by Crippen LogP contribution is 2.33. The van der Waals surface area contributed by atoms with Crippen molar-refractivity contribution in [3.63, 3.8) is 0 Å². The van der Waals surface area contributed by atoms with Crippen LogP contribution in [-0.2, 0) is 20.9 Å². The smallest absolute Gasteiger partial charge is 0.410 e. The first-order valence-electron chi connectivity index (χ1n) is 15.6. The third-order valence-corrected chi connectivity index (χ3v) is 7.37. The number of carbonyl (C=O) groups is 4. The molecule has 0 bridgehead atoms. The largest absolute Gasteiger partial charge is 0.445 e. The molecule has 2 N–H and O–H groups in total. The third kappa shape index (κ3) is 9.57. The van der Waals surface area contributed by atoms with Gasteiger partial charge >= 0.3 is 12.2 Å². The van der Waals surface area contributed by atoms with Gasteiger partial charge in [0.2, 0.25) is 5.91 Å². The van der Waals surface area contributed by atoms with Gasteiger partial charge in [-0.05, 0) is 50.8 Å². The summed E-state index contributed by atoms with van der Waals surface area (Å²) in [6.07, 6.45) is -0.738. The number of rotatable bonds is 10. The van der Waals surface area contributed by atoms with Crippen LogP contribution in [0.15, 0.2) is 78.9 Å². The molecule has 1 atom stereocenters. The van der Waals surface area contributed by atoms with Gasteiger partial charge in [0.15, 0.2) is 5.78 Å². The predicted octanol–water partition coefficient (Wildman–Crippen LogP) is 6.25. The van der Waals surface area contributed by atoms with Crippen molar-refractivity contribution >= 4 is 35.3 Å². The Labute approximate surface area is 271 Å². The number of hydrogen-bond acceptors (Lipinski definition) is 7. The Morgan fingerprint density at radius 2 is 1.46 bits per heavy atom. The van der Waals surface area contributed by atoms with Gasteiger partial charge in [-0.3, -0.25) is 9.59 Å². The van der Waals surface area contributed by atoms with E-state index in [-0.39, 0.29) is 24.4 Å². The SMILES string of the molecule is CC(C)C[C@@H](NC(=O)OCc1ccccc1)C(=O)Nc1c(C(=O)c2ccccc2)cccc1N1CCN(C(=O)OC(C)(C)C)CC1. The lowest BCUT2D eigenvalue weighted by Gasteiger charge is -2.37. The molecule has 10 heteroatoms. The summed E-state index contributed by atoms with van der Waals surface area (Å²) in [5.41, 5.74) is 2.01. The molecule has 0 saturated carbocycles. The summed E-state index contributed by atoms with van der Waals surface area (Å²) in [5, 5.41) is 5.72. The summed E-state index contributed by atoms with van der Waals surface area (Å²) in [6, 6.07) is 22.5. The number of nitrogens with one attached hydrogen (secondary N) is 2. The minimum atomic E-state index is -0.917. The van der Waals surface area contributed by atoms with E-state index in [0.29, 0.717) is 55.1 Å². The number of hydrogen-bond donors (Lipinski definition) is 2. The molecule has 0 aromatic heterocycles. The molecule has 1 aliphatic rings. The van der Waals surface area contributed by atoms with Gasteiger partial charge in [-0.15, -0.1) is 0 Å². The fraction of sp³-hybridized carbons (Fsp3) is 0.389. The number of ketones is 1. The van der Waals surface area contributed by atoms with Crippen LogP contribution >= 0.6 is 0 Å². The minimum Gasteiger partial charge on any atom is -0.445 e. The highest BCUT2D eigenvalue weighted by molar-refractivity contribution is 6.16. The molecule has 0 spiro atoms. The van der Waals surface area contributed by atoms with Crippen molar-refractivity contribution < 1.29 is 28.7 Å². The standard InChI is InChI=1S/C36H44N4O6/c1-25(2)23-29(37-34(43)45-24-26-13-8-6-9-14-26)33(42)38-31-28(32(41)27-15-10-7-11-16-27)17-12-18-30(31)39-19-21-40(22-20-39)35(44)46-36(3,4)5/h6-18,25,29H,19-24H2,1-5H3,(H,37,43)(H,38,42)/t29-/m1/s1. The maximum Gasteiger partial charge on any atom is 0.410 e. The second-order valence-electron chi connectivity index (χ2n) is 12.7. The minimum absolute atomic E-state index is 0.0660. The zero-order valence-electron chi connectivity index (χ0n) is 27.2. The lowest BCUT2D eigenvalue weighted by atomic mass is 9.99. The molecule has 0 unspecified atom stereocenters. The molecule has 3 aromatic carbocycles. The van der Waals surface area contributed by atoms with Crippen molar-refractivity contribution in [3.05, 3.63) is 95.6 Å². The molecule has 46 heavy (non-hydrogen) atoms. The van der Waals surface area contributed by atoms with Crippen molar-refractivity contribution in [1.82, 2.24) is 10.2 Å². The number of benzene rings is 3. The molecule has 3 aromatic rings. The Morgan fingerprint density at radius 3 is 2.07 bits per heavy atom. The molecule has 0 radical (unpaired) electrons. The van der Waals surface area contributed by atoms with Gasteiger partial charge < -0.3 is 29.9 Å². The number of alkyl carbamates (subject to hydrolysis) is 1. The van der Waals surface area contributed by atoms with Crippen LogP contribution in [-0.4, -0.2) is 66.6 Å². The first-order valence-corrected chi connectivity index (χ1v) is 15.6. The molecule has 1 saturated heterocycles.